The molecule has 1 heterocycles. The number of carbonyl (C=O) groups is 1. The molecule has 0 aliphatic heterocycles. The number of hydrogen-bond acceptors (Lipinski definition) is 3. The predicted molar refractivity (Wildman–Crippen MR) is 79.9 cm³/mol. The molecule has 0 bridgehead atoms. The Morgan fingerprint density at radius 2 is 1.95 bits per heavy atom. The molecule has 0 fully saturated rings. The minimum Gasteiger partial charge on any atom is -0.466 e. The summed E-state index contributed by atoms with van der Waals surface area (Å²) in [6.45, 7) is 8.85. The highest BCUT2D eigenvalue weighted by molar-refractivity contribution is 5.86. The lowest BCUT2D eigenvalue weighted by molar-refractivity contribution is -0.140. The summed E-state index contributed by atoms with van der Waals surface area (Å²) in [5.41, 5.74) is 1.56. The van der Waals surface area contributed by atoms with Crippen molar-refractivity contribution in [2.45, 2.75) is 13.5 Å². The molecule has 20 heavy (non-hydrogen) atoms. The third-order valence-corrected chi connectivity index (χ3v) is 2.31. The van der Waals surface area contributed by atoms with Gasteiger partial charge in [-0.1, -0.05) is 49.6 Å². The largest absolute Gasteiger partial charge is 0.466 e. The van der Waals surface area contributed by atoms with Crippen LogP contribution in [0.15, 0.2) is 71.9 Å². The van der Waals surface area contributed by atoms with Gasteiger partial charge in [0.05, 0.1) is 6.26 Å². The van der Waals surface area contributed by atoms with Crippen molar-refractivity contribution in [2.75, 3.05) is 0 Å². The van der Waals surface area contributed by atoms with Gasteiger partial charge in [0.2, 0.25) is 0 Å². The van der Waals surface area contributed by atoms with Crippen molar-refractivity contribution < 1.29 is 13.9 Å². The maximum absolute atomic E-state index is 10.9. The van der Waals surface area contributed by atoms with Crippen LogP contribution in [0.1, 0.15) is 18.2 Å². The summed E-state index contributed by atoms with van der Waals surface area (Å²) >= 11 is 0. The summed E-state index contributed by atoms with van der Waals surface area (Å²) < 4.78 is 9.77. The Morgan fingerprint density at radius 1 is 1.25 bits per heavy atom. The van der Waals surface area contributed by atoms with E-state index in [1.165, 1.54) is 11.8 Å². The lowest BCUT2D eigenvalue weighted by Gasteiger charge is -2.00. The van der Waals surface area contributed by atoms with Crippen LogP contribution in [0.25, 0.3) is 6.08 Å². The molecular weight excluding hydrogens is 252 g/mol. The average molecular weight is 270 g/mol. The van der Waals surface area contributed by atoms with Gasteiger partial charge in [0.1, 0.15) is 12.4 Å². The Morgan fingerprint density at radius 3 is 2.40 bits per heavy atom. The summed E-state index contributed by atoms with van der Waals surface area (Å²) in [6.07, 6.45) is 3.37. The highest BCUT2D eigenvalue weighted by atomic mass is 16.5. The normalized spacial score (nSPS) is 9.05. The highest BCUT2D eigenvalue weighted by Crippen LogP contribution is 2.03. The monoisotopic (exact) mass is 270 g/mol. The highest BCUT2D eigenvalue weighted by Gasteiger charge is 2.03. The first kappa shape index (κ1) is 15.5. The fourth-order valence-electron chi connectivity index (χ4n) is 1.24. The average Bonchev–Trinajstić information content (AvgIpc) is 2.99. The lowest BCUT2D eigenvalue weighted by Crippen LogP contribution is -2.04. The van der Waals surface area contributed by atoms with Crippen LogP contribution >= 0.6 is 0 Å². The molecule has 2 rings (SSSR count). The van der Waals surface area contributed by atoms with Gasteiger partial charge in [0.15, 0.2) is 0 Å². The van der Waals surface area contributed by atoms with Crippen molar-refractivity contribution in [2.24, 2.45) is 0 Å². The van der Waals surface area contributed by atoms with Gasteiger partial charge in [-0.15, -0.1) is 0 Å². The number of rotatable bonds is 4. The van der Waals surface area contributed by atoms with E-state index < -0.39 is 5.97 Å². The topological polar surface area (TPSA) is 39.4 Å². The van der Waals surface area contributed by atoms with Crippen molar-refractivity contribution >= 4 is 12.0 Å². The van der Waals surface area contributed by atoms with Gasteiger partial charge >= 0.3 is 5.97 Å². The van der Waals surface area contributed by atoms with E-state index in [-0.39, 0.29) is 6.61 Å². The van der Waals surface area contributed by atoms with E-state index in [9.17, 15) is 4.79 Å². The smallest absolute Gasteiger partial charge is 0.333 e. The van der Waals surface area contributed by atoms with Gasteiger partial charge in [-0.3, -0.25) is 0 Å². The first-order chi connectivity index (χ1) is 9.63. The fraction of sp³-hybridized carbons (Fsp3) is 0.118. The number of benzene rings is 1. The second kappa shape index (κ2) is 8.53. The molecule has 0 N–H and O–H groups in total. The van der Waals surface area contributed by atoms with E-state index in [1.54, 1.807) is 19.1 Å². The van der Waals surface area contributed by atoms with Crippen molar-refractivity contribution in [1.29, 1.82) is 0 Å². The summed E-state index contributed by atoms with van der Waals surface area (Å²) in [6, 6.07) is 13.5. The second-order valence-corrected chi connectivity index (χ2v) is 4.05. The number of furan rings is 1. The van der Waals surface area contributed by atoms with Crippen LogP contribution in [0.5, 0.6) is 0 Å². The Hall–Kier alpha value is -2.55. The van der Waals surface area contributed by atoms with E-state index >= 15 is 0 Å². The maximum Gasteiger partial charge on any atom is 0.333 e. The van der Waals surface area contributed by atoms with Crippen LogP contribution in [0.3, 0.4) is 0 Å². The number of esters is 1. The summed E-state index contributed by atoms with van der Waals surface area (Å²) in [4.78, 5) is 10.9. The zero-order valence-corrected chi connectivity index (χ0v) is 11.5. The minimum absolute atomic E-state index is 0.165. The Bertz CT molecular complexity index is 539. The first-order valence-corrected chi connectivity index (χ1v) is 6.16. The van der Waals surface area contributed by atoms with E-state index in [0.29, 0.717) is 11.3 Å². The quantitative estimate of drug-likeness (QED) is 0.616. The second-order valence-electron chi connectivity index (χ2n) is 4.05. The van der Waals surface area contributed by atoms with Crippen LogP contribution in [-0.2, 0) is 16.1 Å². The molecule has 3 heteroatoms. The van der Waals surface area contributed by atoms with Crippen LogP contribution in [0, 0.1) is 0 Å². The molecule has 0 saturated heterocycles. The maximum atomic E-state index is 10.9. The molecule has 0 aliphatic carbocycles. The number of hydrogen-bond donors (Lipinski definition) is 0. The summed E-state index contributed by atoms with van der Waals surface area (Å²) in [5, 5.41) is 0. The fourth-order valence-corrected chi connectivity index (χ4v) is 1.24. The van der Waals surface area contributed by atoms with Crippen molar-refractivity contribution in [3.8, 4) is 0 Å². The molecular formula is C17H18O3. The molecule has 1 aromatic carbocycles. The molecule has 0 unspecified atom stereocenters. The van der Waals surface area contributed by atoms with Crippen molar-refractivity contribution in [3.63, 3.8) is 0 Å². The van der Waals surface area contributed by atoms with Crippen LogP contribution in [0.2, 0.25) is 0 Å². The van der Waals surface area contributed by atoms with E-state index in [4.69, 9.17) is 9.15 Å². The molecule has 0 amide bonds. The van der Waals surface area contributed by atoms with Gasteiger partial charge in [0, 0.05) is 5.57 Å². The Labute approximate surface area is 119 Å². The molecule has 3 nitrogen and oxygen atoms in total. The SMILES string of the molecule is C=C(C)C(=O)OCc1ccco1.C=Cc1ccccc1. The van der Waals surface area contributed by atoms with E-state index in [0.717, 1.165) is 0 Å². The number of ether oxygens (including phenoxy) is 1. The minimum atomic E-state index is -0.397. The van der Waals surface area contributed by atoms with Gasteiger partial charge in [-0.05, 0) is 24.6 Å². The third-order valence-electron chi connectivity index (χ3n) is 2.31. The zero-order chi connectivity index (χ0) is 14.8. The molecule has 0 aliphatic rings. The van der Waals surface area contributed by atoms with Crippen LogP contribution in [0.4, 0.5) is 0 Å². The first-order valence-electron chi connectivity index (χ1n) is 6.16. The van der Waals surface area contributed by atoms with Crippen molar-refractivity contribution in [1.82, 2.24) is 0 Å². The summed E-state index contributed by atoms with van der Waals surface area (Å²) in [7, 11) is 0. The summed E-state index contributed by atoms with van der Waals surface area (Å²) in [5.74, 6) is 0.232. The van der Waals surface area contributed by atoms with Gasteiger partial charge < -0.3 is 9.15 Å². The van der Waals surface area contributed by atoms with Crippen LogP contribution < -0.4 is 0 Å². The molecule has 0 atom stereocenters. The standard InChI is InChI=1S/C9H10O3.C8H8/c1-7(2)9(10)12-6-8-4-3-5-11-8;1-2-8-6-4-3-5-7-8/h3-5H,1,6H2,2H3;2-7H,1H2. The van der Waals surface area contributed by atoms with Gasteiger partial charge in [0.25, 0.3) is 0 Å². The molecule has 1 aromatic heterocycles. The molecule has 0 spiro atoms. The Kier molecular flexibility index (Phi) is 6.62. The van der Waals surface area contributed by atoms with Crippen LogP contribution in [-0.4, -0.2) is 5.97 Å². The van der Waals surface area contributed by atoms with E-state index in [2.05, 4.69) is 13.2 Å². The predicted octanol–water partition coefficient (Wildman–Crippen LogP) is 4.23. The van der Waals surface area contributed by atoms with Gasteiger partial charge in [-0.25, -0.2) is 4.79 Å². The molecule has 0 radical (unpaired) electrons. The molecule has 104 valence electrons. The van der Waals surface area contributed by atoms with Gasteiger partial charge in [-0.2, -0.15) is 0 Å². The molecule has 0 saturated carbocycles. The lowest BCUT2D eigenvalue weighted by atomic mass is 10.2. The molecule has 2 aromatic rings. The van der Waals surface area contributed by atoms with Crippen molar-refractivity contribution in [3.05, 3.63) is 78.8 Å². The third kappa shape index (κ3) is 5.87. The van der Waals surface area contributed by atoms with E-state index in [1.807, 2.05) is 36.4 Å². The Balaban J connectivity index is 0.000000217. The number of carbonyl (C=O) groups excluding carboxylic acids is 1. The zero-order valence-electron chi connectivity index (χ0n) is 11.5.